The van der Waals surface area contributed by atoms with Crippen LogP contribution >= 0.6 is 0 Å². The van der Waals surface area contributed by atoms with Gasteiger partial charge in [0.2, 0.25) is 5.88 Å². The summed E-state index contributed by atoms with van der Waals surface area (Å²) < 4.78 is 35.1. The molecule has 4 rings (SSSR count). The maximum absolute atomic E-state index is 13.4. The number of rotatable bonds is 10. The van der Waals surface area contributed by atoms with Gasteiger partial charge in [0.15, 0.2) is 5.78 Å². The first-order valence-corrected chi connectivity index (χ1v) is 17.5. The number of aliphatic hydroxyl groups is 1. The van der Waals surface area contributed by atoms with Gasteiger partial charge in [-0.2, -0.15) is 8.42 Å². The largest absolute Gasteiger partial charge is 0.493 e. The van der Waals surface area contributed by atoms with Gasteiger partial charge in [-0.15, -0.1) is 0 Å². The Labute approximate surface area is 225 Å². The van der Waals surface area contributed by atoms with E-state index in [1.165, 1.54) is 12.3 Å². The minimum Gasteiger partial charge on any atom is -0.493 e. The van der Waals surface area contributed by atoms with E-state index in [9.17, 15) is 18.3 Å². The van der Waals surface area contributed by atoms with E-state index in [0.717, 1.165) is 14.2 Å². The highest BCUT2D eigenvalue weighted by Crippen LogP contribution is 2.37. The summed E-state index contributed by atoms with van der Waals surface area (Å²) >= 11 is 0. The third-order valence-electron chi connectivity index (χ3n) is 6.02. The first-order valence-electron chi connectivity index (χ1n) is 12.4. The van der Waals surface area contributed by atoms with Crippen molar-refractivity contribution in [1.82, 2.24) is 4.31 Å². The summed E-state index contributed by atoms with van der Waals surface area (Å²) in [4.78, 5) is 12.5. The van der Waals surface area contributed by atoms with Gasteiger partial charge >= 0.3 is 10.2 Å². The fraction of sp³-hybridized carbons (Fsp3) is 0.207. The highest BCUT2D eigenvalue weighted by molar-refractivity contribution is 7.91. The molecular formula is C29H32N2O5SSi. The molecule has 0 spiro atoms. The topological polar surface area (TPSA) is 87.2 Å². The van der Waals surface area contributed by atoms with Gasteiger partial charge < -0.3 is 9.84 Å². The molecule has 3 aromatic carbocycles. The Morgan fingerprint density at radius 1 is 0.974 bits per heavy atom. The van der Waals surface area contributed by atoms with E-state index < -0.39 is 18.3 Å². The highest BCUT2D eigenvalue weighted by Gasteiger charge is 2.39. The van der Waals surface area contributed by atoms with Gasteiger partial charge in [-0.05, 0) is 35.4 Å². The Hall–Kier alpha value is -3.82. The average Bonchev–Trinajstić information content (AvgIpc) is 3.12. The molecular weight excluding hydrogens is 516 g/mol. The lowest BCUT2D eigenvalue weighted by molar-refractivity contribution is 0.104. The van der Waals surface area contributed by atoms with Crippen molar-refractivity contribution in [2.24, 2.45) is 0 Å². The molecule has 0 aliphatic carbocycles. The normalized spacial score (nSPS) is 15.1. The lowest BCUT2D eigenvalue weighted by Gasteiger charge is -2.25. The molecule has 0 saturated heterocycles. The molecule has 0 atom stereocenters. The SMILES string of the molecule is C[Si](C)(C)CCN1C(O)=CN(c2ccc(C=CC(=O)c3ccccc3)cc2OCc2ccccc2)S1(=O)=O. The van der Waals surface area contributed by atoms with Crippen LogP contribution in [0.2, 0.25) is 25.7 Å². The molecule has 0 radical (unpaired) electrons. The average molecular weight is 549 g/mol. The highest BCUT2D eigenvalue weighted by atomic mass is 32.2. The van der Waals surface area contributed by atoms with Crippen molar-refractivity contribution in [3.8, 4) is 5.75 Å². The van der Waals surface area contributed by atoms with E-state index in [1.807, 2.05) is 36.4 Å². The van der Waals surface area contributed by atoms with Gasteiger partial charge in [0.1, 0.15) is 18.0 Å². The third-order valence-corrected chi connectivity index (χ3v) is 9.47. The monoisotopic (exact) mass is 548 g/mol. The van der Waals surface area contributed by atoms with Gasteiger partial charge in [-0.1, -0.05) is 92.4 Å². The molecule has 9 heteroatoms. The Balaban J connectivity index is 1.65. The lowest BCUT2D eigenvalue weighted by Crippen LogP contribution is -2.37. The molecule has 0 unspecified atom stereocenters. The van der Waals surface area contributed by atoms with E-state index in [1.54, 1.807) is 48.5 Å². The zero-order valence-electron chi connectivity index (χ0n) is 21.7. The van der Waals surface area contributed by atoms with E-state index in [0.29, 0.717) is 22.9 Å². The summed E-state index contributed by atoms with van der Waals surface area (Å²) in [7, 11) is -5.59. The molecule has 0 bridgehead atoms. The molecule has 38 heavy (non-hydrogen) atoms. The second-order valence-electron chi connectivity index (χ2n) is 10.2. The van der Waals surface area contributed by atoms with Crippen LogP contribution in [0.3, 0.4) is 0 Å². The Morgan fingerprint density at radius 3 is 2.29 bits per heavy atom. The second kappa shape index (κ2) is 11.3. The minimum atomic E-state index is -4.04. The number of nitrogens with zero attached hydrogens (tertiary/aromatic N) is 2. The smallest absolute Gasteiger partial charge is 0.332 e. The fourth-order valence-electron chi connectivity index (χ4n) is 3.86. The van der Waals surface area contributed by atoms with Crippen molar-refractivity contribution in [2.75, 3.05) is 10.8 Å². The van der Waals surface area contributed by atoms with Crippen LogP contribution in [0.4, 0.5) is 5.69 Å². The number of ketones is 1. The summed E-state index contributed by atoms with van der Waals surface area (Å²) in [6.07, 6.45) is 4.35. The Bertz CT molecular complexity index is 1450. The van der Waals surface area contributed by atoms with Crippen molar-refractivity contribution in [2.45, 2.75) is 32.3 Å². The van der Waals surface area contributed by atoms with Gasteiger partial charge in [0, 0.05) is 20.2 Å². The number of carbonyl (C=O) groups excluding carboxylic acids is 1. The summed E-state index contributed by atoms with van der Waals surface area (Å²) in [5.41, 5.74) is 2.43. The summed E-state index contributed by atoms with van der Waals surface area (Å²) in [6, 6.07) is 24.2. The molecule has 7 nitrogen and oxygen atoms in total. The molecule has 3 aromatic rings. The van der Waals surface area contributed by atoms with Crippen molar-refractivity contribution in [3.05, 3.63) is 114 Å². The number of benzene rings is 3. The standard InChI is InChI=1S/C29H32N2O5SSi/c1-38(2,3)19-18-30-29(33)21-31(37(30,34)35)26-16-14-23(15-17-27(32)25-12-8-5-9-13-25)20-28(26)36-22-24-10-6-4-7-11-24/h4-17,20-21,33H,18-19,22H2,1-3H3. The van der Waals surface area contributed by atoms with Gasteiger partial charge in [0.05, 0.1) is 6.20 Å². The molecule has 1 N–H and O–H groups in total. The Kier molecular flexibility index (Phi) is 8.08. The predicted octanol–water partition coefficient (Wildman–Crippen LogP) is 6.22. The van der Waals surface area contributed by atoms with Crippen LogP contribution in [-0.2, 0) is 16.8 Å². The number of hydrogen-bond donors (Lipinski definition) is 1. The summed E-state index contributed by atoms with van der Waals surface area (Å²) in [6.45, 7) is 6.88. The van der Waals surface area contributed by atoms with Crippen LogP contribution in [0, 0.1) is 0 Å². The zero-order chi connectivity index (χ0) is 27.3. The number of carbonyl (C=O) groups is 1. The third kappa shape index (κ3) is 6.54. The van der Waals surface area contributed by atoms with Gasteiger partial charge in [0.25, 0.3) is 0 Å². The van der Waals surface area contributed by atoms with Crippen LogP contribution in [0.5, 0.6) is 5.75 Å². The van der Waals surface area contributed by atoms with Crippen LogP contribution in [-0.4, -0.2) is 38.2 Å². The van der Waals surface area contributed by atoms with Crippen LogP contribution in [0.25, 0.3) is 6.08 Å². The number of allylic oxidation sites excluding steroid dienone is 1. The lowest BCUT2D eigenvalue weighted by atomic mass is 10.1. The van der Waals surface area contributed by atoms with E-state index in [2.05, 4.69) is 19.6 Å². The fourth-order valence-corrected chi connectivity index (χ4v) is 6.36. The molecule has 0 amide bonds. The number of anilines is 1. The number of hydrogen-bond acceptors (Lipinski definition) is 5. The molecule has 198 valence electrons. The Morgan fingerprint density at radius 2 is 1.63 bits per heavy atom. The first kappa shape index (κ1) is 27.2. The molecule has 1 aliphatic heterocycles. The molecule has 1 heterocycles. The second-order valence-corrected chi connectivity index (χ2v) is 17.6. The van der Waals surface area contributed by atoms with Crippen LogP contribution < -0.4 is 9.04 Å². The molecule has 0 fully saturated rings. The minimum absolute atomic E-state index is 0.144. The predicted molar refractivity (Wildman–Crippen MR) is 154 cm³/mol. The number of ether oxygens (including phenoxy) is 1. The maximum atomic E-state index is 13.4. The van der Waals surface area contributed by atoms with Crippen molar-refractivity contribution in [1.29, 1.82) is 0 Å². The van der Waals surface area contributed by atoms with Gasteiger partial charge in [-0.25, -0.2) is 8.61 Å². The molecule has 0 saturated carbocycles. The van der Waals surface area contributed by atoms with E-state index in [-0.39, 0.29) is 30.5 Å². The van der Waals surface area contributed by atoms with Gasteiger partial charge in [-0.3, -0.25) is 4.79 Å². The van der Waals surface area contributed by atoms with Crippen molar-refractivity contribution in [3.63, 3.8) is 0 Å². The zero-order valence-corrected chi connectivity index (χ0v) is 23.6. The molecule has 1 aliphatic rings. The summed E-state index contributed by atoms with van der Waals surface area (Å²) in [5.74, 6) is -0.160. The summed E-state index contributed by atoms with van der Waals surface area (Å²) in [5, 5.41) is 10.6. The quantitative estimate of drug-likeness (QED) is 0.185. The first-order chi connectivity index (χ1) is 18.0. The number of aliphatic hydroxyl groups excluding tert-OH is 1. The van der Waals surface area contributed by atoms with E-state index in [4.69, 9.17) is 4.74 Å². The van der Waals surface area contributed by atoms with Crippen molar-refractivity contribution >= 4 is 35.8 Å². The maximum Gasteiger partial charge on any atom is 0.332 e. The van der Waals surface area contributed by atoms with Crippen molar-refractivity contribution < 1.29 is 23.1 Å². The van der Waals surface area contributed by atoms with Crippen LogP contribution in [0.15, 0.2) is 97.0 Å². The van der Waals surface area contributed by atoms with Crippen LogP contribution in [0.1, 0.15) is 21.5 Å². The molecule has 0 aromatic heterocycles. The van der Waals surface area contributed by atoms with E-state index >= 15 is 0 Å².